The predicted octanol–water partition coefficient (Wildman–Crippen LogP) is 3.83. The van der Waals surface area contributed by atoms with E-state index in [1.54, 1.807) is 12.1 Å². The number of phenols is 1. The van der Waals surface area contributed by atoms with Crippen molar-refractivity contribution >= 4 is 5.91 Å². The van der Waals surface area contributed by atoms with Gasteiger partial charge in [0.15, 0.2) is 0 Å². The summed E-state index contributed by atoms with van der Waals surface area (Å²) in [5.41, 5.74) is 2.34. The van der Waals surface area contributed by atoms with E-state index in [0.29, 0.717) is 31.9 Å². The Labute approximate surface area is 166 Å². The Morgan fingerprint density at radius 3 is 2.50 bits per heavy atom. The van der Waals surface area contributed by atoms with Crippen LogP contribution in [0.2, 0.25) is 0 Å². The summed E-state index contributed by atoms with van der Waals surface area (Å²) in [6.07, 6.45) is 2.48. The van der Waals surface area contributed by atoms with Crippen LogP contribution in [0.5, 0.6) is 11.5 Å². The molecule has 2 aromatic rings. The van der Waals surface area contributed by atoms with E-state index < -0.39 is 0 Å². The third kappa shape index (κ3) is 4.47. The molecule has 5 heteroatoms. The second kappa shape index (κ2) is 9.11. The Bertz CT molecular complexity index is 795. The molecule has 0 spiro atoms. The Hall–Kier alpha value is -2.53. The molecule has 1 amide bonds. The molecule has 0 saturated carbocycles. The molecule has 3 rings (SSSR count). The van der Waals surface area contributed by atoms with Crippen LogP contribution in [0.15, 0.2) is 42.5 Å². The fraction of sp³-hybridized carbons (Fsp3) is 0.435. The van der Waals surface area contributed by atoms with Gasteiger partial charge in [-0.2, -0.15) is 0 Å². The van der Waals surface area contributed by atoms with Gasteiger partial charge in [0.05, 0.1) is 12.2 Å². The summed E-state index contributed by atoms with van der Waals surface area (Å²) in [7, 11) is 0. The number of aromatic hydroxyl groups is 1. The van der Waals surface area contributed by atoms with Gasteiger partial charge in [0.2, 0.25) is 0 Å². The van der Waals surface area contributed by atoms with Gasteiger partial charge in [0.25, 0.3) is 5.91 Å². The number of carbonyl (C=O) groups excluding carboxylic acids is 1. The van der Waals surface area contributed by atoms with Crippen molar-refractivity contribution in [3.8, 4) is 11.5 Å². The van der Waals surface area contributed by atoms with Crippen molar-refractivity contribution < 1.29 is 19.4 Å². The summed E-state index contributed by atoms with van der Waals surface area (Å²) in [6.45, 7) is 6.45. The van der Waals surface area contributed by atoms with Crippen LogP contribution in [0.25, 0.3) is 0 Å². The zero-order valence-electron chi connectivity index (χ0n) is 16.7. The molecule has 0 radical (unpaired) electrons. The average molecular weight is 383 g/mol. The minimum Gasteiger partial charge on any atom is -0.507 e. The van der Waals surface area contributed by atoms with Gasteiger partial charge in [0, 0.05) is 25.2 Å². The molecule has 150 valence electrons. The van der Waals surface area contributed by atoms with Gasteiger partial charge in [-0.3, -0.25) is 4.79 Å². The third-order valence-corrected chi connectivity index (χ3v) is 5.53. The van der Waals surface area contributed by atoms with Crippen molar-refractivity contribution in [2.75, 3.05) is 26.4 Å². The maximum Gasteiger partial charge on any atom is 0.255 e. The molecule has 2 N–H and O–H groups in total. The van der Waals surface area contributed by atoms with Crippen LogP contribution in [-0.4, -0.2) is 37.4 Å². The maximum atomic E-state index is 12.8. The highest BCUT2D eigenvalue weighted by Gasteiger charge is 2.35. The highest BCUT2D eigenvalue weighted by Crippen LogP contribution is 2.35. The van der Waals surface area contributed by atoms with E-state index >= 15 is 0 Å². The molecule has 0 bridgehead atoms. The summed E-state index contributed by atoms with van der Waals surface area (Å²) in [6, 6.07) is 13.3. The molecule has 1 aliphatic rings. The first-order chi connectivity index (χ1) is 13.6. The fourth-order valence-electron chi connectivity index (χ4n) is 3.73. The summed E-state index contributed by atoms with van der Waals surface area (Å²) < 4.78 is 11.1. The van der Waals surface area contributed by atoms with E-state index in [-0.39, 0.29) is 17.1 Å². The highest BCUT2D eigenvalue weighted by atomic mass is 16.5. The molecular weight excluding hydrogens is 354 g/mol. The van der Waals surface area contributed by atoms with Crippen molar-refractivity contribution in [2.45, 2.75) is 38.5 Å². The largest absolute Gasteiger partial charge is 0.507 e. The zero-order chi connectivity index (χ0) is 20.0. The number of nitrogens with one attached hydrogen (secondary N) is 1. The van der Waals surface area contributed by atoms with Crippen LogP contribution in [0.1, 0.15) is 48.2 Å². The molecule has 1 aliphatic heterocycles. The number of hydrogen-bond donors (Lipinski definition) is 2. The molecular formula is C23H29NO4. The Balaban J connectivity index is 1.78. The first kappa shape index (κ1) is 20.2. The van der Waals surface area contributed by atoms with Crippen molar-refractivity contribution in [2.24, 2.45) is 0 Å². The van der Waals surface area contributed by atoms with Crippen LogP contribution in [0.4, 0.5) is 0 Å². The molecule has 0 atom stereocenters. The first-order valence-electron chi connectivity index (χ1n) is 9.99. The third-order valence-electron chi connectivity index (χ3n) is 5.53. The molecule has 0 aromatic heterocycles. The van der Waals surface area contributed by atoms with Gasteiger partial charge in [-0.1, -0.05) is 25.1 Å². The number of phenolic OH excluding ortho intramolecular Hbond substituents is 1. The molecule has 1 heterocycles. The predicted molar refractivity (Wildman–Crippen MR) is 109 cm³/mol. The molecule has 1 fully saturated rings. The topological polar surface area (TPSA) is 67.8 Å². The van der Waals surface area contributed by atoms with Gasteiger partial charge < -0.3 is 19.9 Å². The minimum absolute atomic E-state index is 0.0109. The van der Waals surface area contributed by atoms with E-state index in [0.717, 1.165) is 30.6 Å². The zero-order valence-corrected chi connectivity index (χ0v) is 16.7. The summed E-state index contributed by atoms with van der Waals surface area (Å²) >= 11 is 0. The molecule has 0 aliphatic carbocycles. The van der Waals surface area contributed by atoms with E-state index in [9.17, 15) is 9.90 Å². The normalized spacial score (nSPS) is 15.8. The van der Waals surface area contributed by atoms with Gasteiger partial charge in [-0.05, 0) is 61.6 Å². The molecule has 0 unspecified atom stereocenters. The fourth-order valence-corrected chi connectivity index (χ4v) is 3.73. The Morgan fingerprint density at radius 2 is 1.86 bits per heavy atom. The number of amides is 1. The highest BCUT2D eigenvalue weighted by molar-refractivity contribution is 5.97. The SMILES string of the molecule is CCOc1ccc(C2(CNC(=O)c3cc(CC)ccc3O)CCOCC2)cc1. The molecule has 28 heavy (non-hydrogen) atoms. The Kier molecular flexibility index (Phi) is 6.57. The second-order valence-electron chi connectivity index (χ2n) is 7.24. The van der Waals surface area contributed by atoms with Crippen LogP contribution >= 0.6 is 0 Å². The van der Waals surface area contributed by atoms with Crippen LogP contribution < -0.4 is 10.1 Å². The summed E-state index contributed by atoms with van der Waals surface area (Å²) in [4.78, 5) is 12.8. The lowest BCUT2D eigenvalue weighted by molar-refractivity contribution is 0.0486. The lowest BCUT2D eigenvalue weighted by atomic mass is 9.74. The number of ether oxygens (including phenoxy) is 2. The van der Waals surface area contributed by atoms with E-state index in [4.69, 9.17) is 9.47 Å². The number of benzene rings is 2. The summed E-state index contributed by atoms with van der Waals surface area (Å²) in [5, 5.41) is 13.2. The number of hydrogen-bond acceptors (Lipinski definition) is 4. The number of rotatable bonds is 7. The van der Waals surface area contributed by atoms with Crippen molar-refractivity contribution in [3.05, 3.63) is 59.2 Å². The van der Waals surface area contributed by atoms with E-state index in [2.05, 4.69) is 17.4 Å². The number of aryl methyl sites for hydroxylation is 1. The van der Waals surface area contributed by atoms with Crippen LogP contribution in [0.3, 0.4) is 0 Å². The smallest absolute Gasteiger partial charge is 0.255 e. The number of carbonyl (C=O) groups is 1. The monoisotopic (exact) mass is 383 g/mol. The lowest BCUT2D eigenvalue weighted by Gasteiger charge is -2.38. The van der Waals surface area contributed by atoms with Gasteiger partial charge in [-0.25, -0.2) is 0 Å². The van der Waals surface area contributed by atoms with Crippen molar-refractivity contribution in [1.82, 2.24) is 5.32 Å². The van der Waals surface area contributed by atoms with E-state index in [1.807, 2.05) is 32.0 Å². The average Bonchev–Trinajstić information content (AvgIpc) is 2.74. The van der Waals surface area contributed by atoms with Crippen LogP contribution in [-0.2, 0) is 16.6 Å². The molecule has 5 nitrogen and oxygen atoms in total. The summed E-state index contributed by atoms with van der Waals surface area (Å²) in [5.74, 6) is 0.611. The van der Waals surface area contributed by atoms with Crippen molar-refractivity contribution in [1.29, 1.82) is 0 Å². The van der Waals surface area contributed by atoms with Gasteiger partial charge in [-0.15, -0.1) is 0 Å². The first-order valence-corrected chi connectivity index (χ1v) is 9.99. The lowest BCUT2D eigenvalue weighted by Crippen LogP contribution is -2.44. The van der Waals surface area contributed by atoms with Gasteiger partial charge >= 0.3 is 0 Å². The molecule has 1 saturated heterocycles. The quantitative estimate of drug-likeness (QED) is 0.762. The van der Waals surface area contributed by atoms with Gasteiger partial charge in [0.1, 0.15) is 11.5 Å². The van der Waals surface area contributed by atoms with Crippen LogP contribution in [0, 0.1) is 0 Å². The maximum absolute atomic E-state index is 12.8. The van der Waals surface area contributed by atoms with Crippen molar-refractivity contribution in [3.63, 3.8) is 0 Å². The second-order valence-corrected chi connectivity index (χ2v) is 7.24. The Morgan fingerprint density at radius 1 is 1.14 bits per heavy atom. The minimum atomic E-state index is -0.246. The molecule has 2 aromatic carbocycles. The standard InChI is InChI=1S/C23H29NO4/c1-3-17-5-10-21(25)20(15-17)22(26)24-16-23(11-13-27-14-12-23)18-6-8-19(9-7-18)28-4-2/h5-10,15,25H,3-4,11-14,16H2,1-2H3,(H,24,26). The van der Waals surface area contributed by atoms with E-state index in [1.165, 1.54) is 5.56 Å².